The summed E-state index contributed by atoms with van der Waals surface area (Å²) in [6, 6.07) is 0. The van der Waals surface area contributed by atoms with Crippen molar-refractivity contribution in [1.82, 2.24) is 5.43 Å². The van der Waals surface area contributed by atoms with Crippen LogP contribution in [0.15, 0.2) is 17.8 Å². The van der Waals surface area contributed by atoms with Gasteiger partial charge in [-0.25, -0.2) is 10.2 Å². The molecule has 1 amide bonds. The lowest BCUT2D eigenvalue weighted by atomic mass is 10.2. The second-order valence-corrected chi connectivity index (χ2v) is 3.13. The van der Waals surface area contributed by atoms with E-state index in [0.29, 0.717) is 0 Å². The zero-order chi connectivity index (χ0) is 9.61. The van der Waals surface area contributed by atoms with Crippen LogP contribution >= 0.6 is 0 Å². The minimum atomic E-state index is -0.569. The van der Waals surface area contributed by atoms with Crippen LogP contribution in [-0.2, 0) is 4.74 Å². The molecule has 4 nitrogen and oxygen atoms in total. The van der Waals surface area contributed by atoms with E-state index in [0.717, 1.165) is 0 Å². The van der Waals surface area contributed by atoms with Gasteiger partial charge in [0.2, 0.25) is 0 Å². The highest BCUT2D eigenvalue weighted by atomic mass is 16.6. The second kappa shape index (κ2) is 4.54. The highest BCUT2D eigenvalue weighted by molar-refractivity contribution is 5.73. The molecule has 12 heavy (non-hydrogen) atoms. The van der Waals surface area contributed by atoms with Gasteiger partial charge in [-0.05, 0) is 26.8 Å². The van der Waals surface area contributed by atoms with Crippen molar-refractivity contribution in [2.24, 2.45) is 5.10 Å². The zero-order valence-corrected chi connectivity index (χ0v) is 7.63. The molecule has 0 saturated heterocycles. The van der Waals surface area contributed by atoms with Gasteiger partial charge in [-0.2, -0.15) is 5.10 Å². The summed E-state index contributed by atoms with van der Waals surface area (Å²) in [5.41, 5.74) is 1.68. The molecule has 0 radical (unpaired) electrons. The fourth-order valence-electron chi connectivity index (χ4n) is 0.444. The van der Waals surface area contributed by atoms with Crippen molar-refractivity contribution in [3.63, 3.8) is 0 Å². The number of amides is 1. The minimum absolute atomic E-state index is 0.492. The number of ether oxygens (including phenoxy) is 1. The minimum Gasteiger partial charge on any atom is -0.443 e. The molecule has 0 aliphatic carbocycles. The van der Waals surface area contributed by atoms with Crippen molar-refractivity contribution in [2.75, 3.05) is 0 Å². The summed E-state index contributed by atoms with van der Waals surface area (Å²) in [5, 5.41) is 3.51. The Morgan fingerprint density at radius 3 is 2.58 bits per heavy atom. The highest BCUT2D eigenvalue weighted by Crippen LogP contribution is 2.05. The Labute approximate surface area is 72.3 Å². The predicted molar refractivity (Wildman–Crippen MR) is 48.1 cm³/mol. The number of hydrazone groups is 1. The van der Waals surface area contributed by atoms with Crippen LogP contribution < -0.4 is 5.43 Å². The van der Waals surface area contributed by atoms with E-state index in [-0.39, 0.29) is 0 Å². The number of hydrogen-bond acceptors (Lipinski definition) is 3. The summed E-state index contributed by atoms with van der Waals surface area (Å²) in [5.74, 6) is 0. The quantitative estimate of drug-likeness (QED) is 0.506. The van der Waals surface area contributed by atoms with Crippen LogP contribution in [0.1, 0.15) is 20.8 Å². The van der Waals surface area contributed by atoms with Crippen LogP contribution in [0.3, 0.4) is 0 Å². The van der Waals surface area contributed by atoms with Crippen molar-refractivity contribution in [3.8, 4) is 0 Å². The number of carbonyl (C=O) groups excluding carboxylic acids is 1. The molecule has 0 aromatic heterocycles. The van der Waals surface area contributed by atoms with E-state index in [2.05, 4.69) is 17.1 Å². The largest absolute Gasteiger partial charge is 0.443 e. The van der Waals surface area contributed by atoms with Crippen molar-refractivity contribution in [1.29, 1.82) is 0 Å². The Hall–Kier alpha value is -1.32. The monoisotopic (exact) mass is 170 g/mol. The van der Waals surface area contributed by atoms with Gasteiger partial charge in [-0.1, -0.05) is 6.58 Å². The lowest BCUT2D eigenvalue weighted by molar-refractivity contribution is 0.0529. The second-order valence-electron chi connectivity index (χ2n) is 3.13. The first kappa shape index (κ1) is 10.7. The lowest BCUT2D eigenvalue weighted by Gasteiger charge is -2.18. The third kappa shape index (κ3) is 6.80. The summed E-state index contributed by atoms with van der Waals surface area (Å²) in [4.78, 5) is 10.9. The number of allylic oxidation sites excluding steroid dienone is 1. The molecule has 0 heterocycles. The van der Waals surface area contributed by atoms with Crippen molar-refractivity contribution >= 4 is 12.3 Å². The van der Waals surface area contributed by atoms with Crippen LogP contribution in [-0.4, -0.2) is 17.9 Å². The Bertz CT molecular complexity index is 192. The molecule has 0 rings (SSSR count). The molecule has 0 aromatic rings. The molecule has 0 unspecified atom stereocenters. The maximum atomic E-state index is 10.9. The SMILES string of the molecule is C=C/C=N/NC(=O)OC(C)(C)C. The summed E-state index contributed by atoms with van der Waals surface area (Å²) in [6.07, 6.45) is 2.25. The van der Waals surface area contributed by atoms with E-state index in [4.69, 9.17) is 4.74 Å². The van der Waals surface area contributed by atoms with E-state index in [1.165, 1.54) is 12.3 Å². The third-order valence-electron chi connectivity index (χ3n) is 0.735. The van der Waals surface area contributed by atoms with Gasteiger partial charge in [-0.15, -0.1) is 0 Å². The van der Waals surface area contributed by atoms with Crippen LogP contribution in [0.5, 0.6) is 0 Å². The third-order valence-corrected chi connectivity index (χ3v) is 0.735. The molecule has 0 aliphatic rings. The van der Waals surface area contributed by atoms with Gasteiger partial charge in [0.15, 0.2) is 0 Å². The van der Waals surface area contributed by atoms with E-state index < -0.39 is 11.7 Å². The van der Waals surface area contributed by atoms with Crippen molar-refractivity contribution in [3.05, 3.63) is 12.7 Å². The predicted octanol–water partition coefficient (Wildman–Crippen LogP) is 1.68. The molecule has 0 fully saturated rings. The normalized spacial score (nSPS) is 11.2. The molecule has 68 valence electrons. The first-order valence-corrected chi connectivity index (χ1v) is 3.59. The van der Waals surface area contributed by atoms with E-state index in [9.17, 15) is 4.79 Å². The highest BCUT2D eigenvalue weighted by Gasteiger charge is 2.14. The molecule has 0 spiro atoms. The maximum Gasteiger partial charge on any atom is 0.428 e. The smallest absolute Gasteiger partial charge is 0.428 e. The Kier molecular flexibility index (Phi) is 4.04. The van der Waals surface area contributed by atoms with Gasteiger partial charge in [0, 0.05) is 6.21 Å². The van der Waals surface area contributed by atoms with Crippen LogP contribution in [0.2, 0.25) is 0 Å². The van der Waals surface area contributed by atoms with Crippen LogP contribution in [0.25, 0.3) is 0 Å². The maximum absolute atomic E-state index is 10.9. The molecule has 0 saturated carbocycles. The Morgan fingerprint density at radius 1 is 1.58 bits per heavy atom. The molecular formula is C8H14N2O2. The molecule has 0 aliphatic heterocycles. The van der Waals surface area contributed by atoms with Gasteiger partial charge in [0.05, 0.1) is 0 Å². The number of nitrogens with one attached hydrogen (secondary N) is 1. The average molecular weight is 170 g/mol. The Morgan fingerprint density at radius 2 is 2.17 bits per heavy atom. The molecular weight excluding hydrogens is 156 g/mol. The van der Waals surface area contributed by atoms with E-state index in [1.807, 2.05) is 0 Å². The standard InChI is InChI=1S/C8H14N2O2/c1-5-6-9-10-7(11)12-8(2,3)4/h5-6H,1H2,2-4H3,(H,10,11)/b9-6+. The fourth-order valence-corrected chi connectivity index (χ4v) is 0.444. The number of hydrogen-bond donors (Lipinski definition) is 1. The molecule has 0 bridgehead atoms. The molecule has 4 heteroatoms. The van der Waals surface area contributed by atoms with Crippen molar-refractivity contribution in [2.45, 2.75) is 26.4 Å². The van der Waals surface area contributed by atoms with E-state index >= 15 is 0 Å². The first-order valence-electron chi connectivity index (χ1n) is 3.59. The summed E-state index contributed by atoms with van der Waals surface area (Å²) in [7, 11) is 0. The number of carbonyl (C=O) groups is 1. The topological polar surface area (TPSA) is 50.7 Å². The van der Waals surface area contributed by atoms with Crippen LogP contribution in [0, 0.1) is 0 Å². The van der Waals surface area contributed by atoms with Gasteiger partial charge in [0.25, 0.3) is 0 Å². The van der Waals surface area contributed by atoms with Gasteiger partial charge < -0.3 is 4.74 Å². The van der Waals surface area contributed by atoms with Crippen LogP contribution in [0.4, 0.5) is 4.79 Å². The summed E-state index contributed by atoms with van der Waals surface area (Å²) < 4.78 is 4.89. The fraction of sp³-hybridized carbons (Fsp3) is 0.500. The number of nitrogens with zero attached hydrogens (tertiary/aromatic N) is 1. The summed E-state index contributed by atoms with van der Waals surface area (Å²) in [6.45, 7) is 8.74. The van der Waals surface area contributed by atoms with Gasteiger partial charge >= 0.3 is 6.09 Å². The van der Waals surface area contributed by atoms with Gasteiger partial charge in [-0.3, -0.25) is 0 Å². The molecule has 0 atom stereocenters. The number of rotatable bonds is 2. The first-order chi connectivity index (χ1) is 5.45. The molecule has 0 aromatic carbocycles. The van der Waals surface area contributed by atoms with Crippen molar-refractivity contribution < 1.29 is 9.53 Å². The Balaban J connectivity index is 3.75. The van der Waals surface area contributed by atoms with Gasteiger partial charge in [0.1, 0.15) is 5.60 Å². The lowest BCUT2D eigenvalue weighted by Crippen LogP contribution is -2.29. The van der Waals surface area contributed by atoms with E-state index in [1.54, 1.807) is 20.8 Å². The average Bonchev–Trinajstić information content (AvgIpc) is 1.84. The molecule has 1 N–H and O–H groups in total. The zero-order valence-electron chi connectivity index (χ0n) is 7.63. The summed E-state index contributed by atoms with van der Waals surface area (Å²) >= 11 is 0.